The van der Waals surface area contributed by atoms with Crippen molar-refractivity contribution in [3.63, 3.8) is 0 Å². The molecule has 3 rings (SSSR count). The summed E-state index contributed by atoms with van der Waals surface area (Å²) in [5.74, 6) is 1.06. The first-order valence-electron chi connectivity index (χ1n) is 9.68. The Morgan fingerprint density at radius 1 is 0.935 bits per heavy atom. The topological polar surface area (TPSA) is 99.0 Å². The SMILES string of the molecule is COc1cc(C(=O)NNC(=O)c2ccc(COc3ccccc3)o2)ccc1OC(C)C. The Hall–Kier alpha value is -3.94. The van der Waals surface area contributed by atoms with E-state index in [1.807, 2.05) is 44.2 Å². The summed E-state index contributed by atoms with van der Waals surface area (Å²) in [7, 11) is 1.49. The number of carbonyl (C=O) groups is 2. The average Bonchev–Trinajstić information content (AvgIpc) is 3.25. The highest BCUT2D eigenvalue weighted by Crippen LogP contribution is 2.28. The van der Waals surface area contributed by atoms with Gasteiger partial charge in [0.05, 0.1) is 13.2 Å². The molecule has 8 nitrogen and oxygen atoms in total. The zero-order valence-corrected chi connectivity index (χ0v) is 17.5. The molecular weight excluding hydrogens is 400 g/mol. The molecule has 8 heteroatoms. The average molecular weight is 424 g/mol. The number of methoxy groups -OCH3 is 1. The molecule has 2 N–H and O–H groups in total. The Morgan fingerprint density at radius 3 is 2.39 bits per heavy atom. The van der Waals surface area contributed by atoms with Crippen LogP contribution in [0.25, 0.3) is 0 Å². The summed E-state index contributed by atoms with van der Waals surface area (Å²) in [5, 5.41) is 0. The molecule has 0 unspecified atom stereocenters. The van der Waals surface area contributed by atoms with Gasteiger partial charge in [0.2, 0.25) is 0 Å². The third kappa shape index (κ3) is 6.02. The van der Waals surface area contributed by atoms with Crippen molar-refractivity contribution < 1.29 is 28.2 Å². The Balaban J connectivity index is 1.54. The largest absolute Gasteiger partial charge is 0.493 e. The lowest BCUT2D eigenvalue weighted by Crippen LogP contribution is -2.41. The van der Waals surface area contributed by atoms with Gasteiger partial charge in [-0.1, -0.05) is 18.2 Å². The highest BCUT2D eigenvalue weighted by molar-refractivity contribution is 5.98. The van der Waals surface area contributed by atoms with Crippen LogP contribution >= 0.6 is 0 Å². The van der Waals surface area contributed by atoms with Gasteiger partial charge in [-0.25, -0.2) is 0 Å². The van der Waals surface area contributed by atoms with Crippen LogP contribution < -0.4 is 25.1 Å². The summed E-state index contributed by atoms with van der Waals surface area (Å²) in [5.41, 5.74) is 4.97. The van der Waals surface area contributed by atoms with Crippen LogP contribution in [0, 0.1) is 0 Å². The van der Waals surface area contributed by atoms with Gasteiger partial charge in [0.15, 0.2) is 17.3 Å². The van der Waals surface area contributed by atoms with E-state index in [0.29, 0.717) is 28.6 Å². The molecule has 0 aliphatic rings. The van der Waals surface area contributed by atoms with Gasteiger partial charge in [-0.3, -0.25) is 20.4 Å². The molecule has 2 aromatic carbocycles. The minimum absolute atomic E-state index is 0.0378. The third-order valence-electron chi connectivity index (χ3n) is 4.09. The Morgan fingerprint density at radius 2 is 1.68 bits per heavy atom. The smallest absolute Gasteiger partial charge is 0.305 e. The fourth-order valence-corrected chi connectivity index (χ4v) is 2.66. The lowest BCUT2D eigenvalue weighted by atomic mass is 10.2. The van der Waals surface area contributed by atoms with Gasteiger partial charge in [0.1, 0.15) is 18.1 Å². The second-order valence-electron chi connectivity index (χ2n) is 6.81. The molecule has 0 bridgehead atoms. The van der Waals surface area contributed by atoms with Gasteiger partial charge < -0.3 is 18.6 Å². The summed E-state index contributed by atoms with van der Waals surface area (Å²) < 4.78 is 21.9. The van der Waals surface area contributed by atoms with E-state index < -0.39 is 11.8 Å². The number of amides is 2. The number of hydrazine groups is 1. The van der Waals surface area contributed by atoms with Gasteiger partial charge in [-0.15, -0.1) is 0 Å². The van der Waals surface area contributed by atoms with Crippen molar-refractivity contribution in [2.24, 2.45) is 0 Å². The molecule has 0 aliphatic carbocycles. The van der Waals surface area contributed by atoms with Crippen LogP contribution in [0.2, 0.25) is 0 Å². The lowest BCUT2D eigenvalue weighted by molar-refractivity contribution is 0.0828. The van der Waals surface area contributed by atoms with E-state index in [4.69, 9.17) is 18.6 Å². The van der Waals surface area contributed by atoms with E-state index in [-0.39, 0.29) is 18.5 Å². The fraction of sp³-hybridized carbons (Fsp3) is 0.217. The minimum atomic E-state index is -0.592. The minimum Gasteiger partial charge on any atom is -0.493 e. The second-order valence-corrected chi connectivity index (χ2v) is 6.81. The van der Waals surface area contributed by atoms with E-state index >= 15 is 0 Å². The first-order valence-corrected chi connectivity index (χ1v) is 9.68. The number of hydrogen-bond acceptors (Lipinski definition) is 6. The number of para-hydroxylation sites is 1. The molecule has 0 radical (unpaired) electrons. The van der Waals surface area contributed by atoms with Gasteiger partial charge in [0, 0.05) is 5.56 Å². The zero-order chi connectivity index (χ0) is 22.2. The van der Waals surface area contributed by atoms with Crippen LogP contribution in [0.15, 0.2) is 65.1 Å². The molecular formula is C23H24N2O6. The van der Waals surface area contributed by atoms with E-state index in [1.165, 1.54) is 19.2 Å². The highest BCUT2D eigenvalue weighted by atomic mass is 16.5. The molecule has 0 atom stereocenters. The Labute approximate surface area is 180 Å². The summed E-state index contributed by atoms with van der Waals surface area (Å²) in [4.78, 5) is 24.6. The molecule has 0 saturated carbocycles. The highest BCUT2D eigenvalue weighted by Gasteiger charge is 2.15. The summed E-state index contributed by atoms with van der Waals surface area (Å²) in [6, 6.07) is 17.1. The van der Waals surface area contributed by atoms with Crippen LogP contribution in [0.5, 0.6) is 17.2 Å². The molecule has 3 aromatic rings. The number of ether oxygens (including phenoxy) is 3. The molecule has 0 spiro atoms. The van der Waals surface area contributed by atoms with Crippen molar-refractivity contribution in [3.05, 3.63) is 77.7 Å². The Kier molecular flexibility index (Phi) is 7.16. The van der Waals surface area contributed by atoms with Crippen LogP contribution in [0.1, 0.15) is 40.5 Å². The van der Waals surface area contributed by atoms with Crippen molar-refractivity contribution >= 4 is 11.8 Å². The molecule has 1 heterocycles. The van der Waals surface area contributed by atoms with E-state index in [0.717, 1.165) is 0 Å². The van der Waals surface area contributed by atoms with Crippen molar-refractivity contribution in [3.8, 4) is 17.2 Å². The number of benzene rings is 2. The number of carbonyl (C=O) groups excluding carboxylic acids is 2. The van der Waals surface area contributed by atoms with Crippen molar-refractivity contribution in [1.29, 1.82) is 0 Å². The van der Waals surface area contributed by atoms with Crippen LogP contribution in [-0.4, -0.2) is 25.0 Å². The van der Waals surface area contributed by atoms with E-state index in [1.54, 1.807) is 18.2 Å². The molecule has 0 fully saturated rings. The van der Waals surface area contributed by atoms with E-state index in [9.17, 15) is 9.59 Å². The van der Waals surface area contributed by atoms with Crippen molar-refractivity contribution in [1.82, 2.24) is 10.9 Å². The normalized spacial score (nSPS) is 10.5. The maximum atomic E-state index is 12.4. The molecule has 0 aliphatic heterocycles. The first kappa shape index (κ1) is 21.8. The van der Waals surface area contributed by atoms with Crippen LogP contribution in [0.3, 0.4) is 0 Å². The summed E-state index contributed by atoms with van der Waals surface area (Å²) in [6.07, 6.45) is -0.0378. The standard InChI is InChI=1S/C23H24N2O6/c1-15(2)30-19-11-9-16(13-21(19)28-3)22(26)24-25-23(27)20-12-10-18(31-20)14-29-17-7-5-4-6-8-17/h4-13,15H,14H2,1-3H3,(H,24,26)(H,25,27). The van der Waals surface area contributed by atoms with Crippen molar-refractivity contribution in [2.75, 3.05) is 7.11 Å². The summed E-state index contributed by atoms with van der Waals surface area (Å²) in [6.45, 7) is 3.96. The molecule has 1 aromatic heterocycles. The molecule has 0 saturated heterocycles. The van der Waals surface area contributed by atoms with Gasteiger partial charge in [0.25, 0.3) is 5.91 Å². The van der Waals surface area contributed by atoms with Crippen molar-refractivity contribution in [2.45, 2.75) is 26.6 Å². The van der Waals surface area contributed by atoms with Crippen LogP contribution in [0.4, 0.5) is 0 Å². The number of rotatable bonds is 8. The maximum Gasteiger partial charge on any atom is 0.305 e. The monoisotopic (exact) mass is 424 g/mol. The molecule has 162 valence electrons. The zero-order valence-electron chi connectivity index (χ0n) is 17.5. The fourth-order valence-electron chi connectivity index (χ4n) is 2.66. The number of nitrogens with one attached hydrogen (secondary N) is 2. The number of furan rings is 1. The van der Waals surface area contributed by atoms with Gasteiger partial charge >= 0.3 is 5.91 Å². The van der Waals surface area contributed by atoms with Gasteiger partial charge in [-0.05, 0) is 56.3 Å². The first-order chi connectivity index (χ1) is 15.0. The molecule has 31 heavy (non-hydrogen) atoms. The molecule has 2 amide bonds. The maximum absolute atomic E-state index is 12.4. The Bertz CT molecular complexity index is 1030. The van der Waals surface area contributed by atoms with Gasteiger partial charge in [-0.2, -0.15) is 0 Å². The predicted octanol–water partition coefficient (Wildman–Crippen LogP) is 3.73. The second kappa shape index (κ2) is 10.2. The summed E-state index contributed by atoms with van der Waals surface area (Å²) >= 11 is 0. The third-order valence-corrected chi connectivity index (χ3v) is 4.09. The predicted molar refractivity (Wildman–Crippen MR) is 113 cm³/mol. The van der Waals surface area contributed by atoms with E-state index in [2.05, 4.69) is 10.9 Å². The lowest BCUT2D eigenvalue weighted by Gasteiger charge is -2.14. The quantitative estimate of drug-likeness (QED) is 0.535. The van der Waals surface area contributed by atoms with Crippen LogP contribution in [-0.2, 0) is 6.61 Å². The number of hydrogen-bond donors (Lipinski definition) is 2.